The maximum atomic E-state index is 12.0. The third kappa shape index (κ3) is 2.66. The molecule has 0 heterocycles. The van der Waals surface area contributed by atoms with Crippen LogP contribution < -0.4 is 10.1 Å². The van der Waals surface area contributed by atoms with Crippen molar-refractivity contribution in [2.75, 3.05) is 12.4 Å². The maximum absolute atomic E-state index is 12.0. The molecule has 1 amide bonds. The van der Waals surface area contributed by atoms with Crippen LogP contribution in [-0.2, 0) is 9.59 Å². The van der Waals surface area contributed by atoms with Gasteiger partial charge < -0.3 is 15.2 Å². The molecule has 5 nitrogen and oxygen atoms in total. The molecule has 19 heavy (non-hydrogen) atoms. The van der Waals surface area contributed by atoms with Crippen molar-refractivity contribution in [3.63, 3.8) is 0 Å². The number of nitrogens with one attached hydrogen (secondary N) is 1. The van der Waals surface area contributed by atoms with Crippen molar-refractivity contribution in [3.05, 3.63) is 23.2 Å². The molecule has 2 atom stereocenters. The van der Waals surface area contributed by atoms with Gasteiger partial charge in [-0.25, -0.2) is 0 Å². The van der Waals surface area contributed by atoms with E-state index in [0.29, 0.717) is 29.3 Å². The minimum atomic E-state index is -0.926. The van der Waals surface area contributed by atoms with E-state index in [0.717, 1.165) is 0 Å². The summed E-state index contributed by atoms with van der Waals surface area (Å²) < 4.78 is 5.12. The van der Waals surface area contributed by atoms with Gasteiger partial charge in [-0.05, 0) is 25.0 Å². The van der Waals surface area contributed by atoms with Gasteiger partial charge in [0.15, 0.2) is 5.75 Å². The highest BCUT2D eigenvalue weighted by Gasteiger charge is 2.41. The van der Waals surface area contributed by atoms with E-state index < -0.39 is 17.8 Å². The number of benzene rings is 1. The molecule has 6 heteroatoms. The van der Waals surface area contributed by atoms with Crippen molar-refractivity contribution in [1.29, 1.82) is 0 Å². The molecule has 2 unspecified atom stereocenters. The van der Waals surface area contributed by atoms with E-state index in [9.17, 15) is 9.59 Å². The quantitative estimate of drug-likeness (QED) is 0.890. The third-order valence-corrected chi connectivity index (χ3v) is 3.65. The van der Waals surface area contributed by atoms with E-state index in [1.807, 2.05) is 0 Å². The van der Waals surface area contributed by atoms with Crippen molar-refractivity contribution in [3.8, 4) is 5.75 Å². The minimum Gasteiger partial charge on any atom is -0.493 e. The highest BCUT2D eigenvalue weighted by atomic mass is 35.5. The van der Waals surface area contributed by atoms with Crippen LogP contribution in [0.2, 0.25) is 5.02 Å². The zero-order valence-corrected chi connectivity index (χ0v) is 11.1. The Labute approximate surface area is 115 Å². The van der Waals surface area contributed by atoms with E-state index in [4.69, 9.17) is 21.4 Å². The fourth-order valence-corrected chi connectivity index (χ4v) is 2.40. The average Bonchev–Trinajstić information content (AvgIpc) is 2.26. The molecule has 1 aromatic carbocycles. The fraction of sp³-hybridized carbons (Fsp3) is 0.385. The van der Waals surface area contributed by atoms with Gasteiger partial charge >= 0.3 is 5.97 Å². The number of rotatable bonds is 4. The van der Waals surface area contributed by atoms with Gasteiger partial charge in [0.1, 0.15) is 0 Å². The number of anilines is 1. The fourth-order valence-electron chi connectivity index (χ4n) is 2.15. The summed E-state index contributed by atoms with van der Waals surface area (Å²) >= 11 is 5.95. The maximum Gasteiger partial charge on any atom is 0.307 e. The SMILES string of the molecule is COc1c(Cl)cccc1NC(=O)C1CCC1C(=O)O. The van der Waals surface area contributed by atoms with Gasteiger partial charge in [-0.3, -0.25) is 9.59 Å². The molecule has 2 N–H and O–H groups in total. The predicted octanol–water partition coefficient (Wildman–Crippen LogP) is 2.40. The summed E-state index contributed by atoms with van der Waals surface area (Å²) in [6, 6.07) is 5.01. The summed E-state index contributed by atoms with van der Waals surface area (Å²) in [5.41, 5.74) is 0.455. The lowest BCUT2D eigenvalue weighted by Crippen LogP contribution is -2.41. The number of carbonyl (C=O) groups is 2. The van der Waals surface area contributed by atoms with E-state index in [1.165, 1.54) is 7.11 Å². The van der Waals surface area contributed by atoms with E-state index >= 15 is 0 Å². The molecule has 0 radical (unpaired) electrons. The number of carboxylic acids is 1. The van der Waals surface area contributed by atoms with E-state index in [1.54, 1.807) is 18.2 Å². The number of aliphatic carboxylic acids is 1. The van der Waals surface area contributed by atoms with Gasteiger partial charge in [-0.2, -0.15) is 0 Å². The summed E-state index contributed by atoms with van der Waals surface area (Å²) in [6.45, 7) is 0. The topological polar surface area (TPSA) is 75.6 Å². The monoisotopic (exact) mass is 283 g/mol. The zero-order chi connectivity index (χ0) is 14.0. The Hall–Kier alpha value is -1.75. The highest BCUT2D eigenvalue weighted by molar-refractivity contribution is 6.32. The molecule has 1 aliphatic carbocycles. The molecule has 0 aliphatic heterocycles. The van der Waals surface area contributed by atoms with Crippen LogP contribution >= 0.6 is 11.6 Å². The number of carbonyl (C=O) groups excluding carboxylic acids is 1. The second-order valence-corrected chi connectivity index (χ2v) is 4.85. The molecule has 1 aliphatic rings. The number of ether oxygens (including phenoxy) is 1. The Balaban J connectivity index is 2.11. The number of hydrogen-bond acceptors (Lipinski definition) is 3. The Bertz CT molecular complexity index is 517. The molecule has 0 saturated heterocycles. The Morgan fingerprint density at radius 3 is 2.58 bits per heavy atom. The second-order valence-electron chi connectivity index (χ2n) is 4.44. The number of hydrogen-bond donors (Lipinski definition) is 2. The Morgan fingerprint density at radius 1 is 1.37 bits per heavy atom. The van der Waals surface area contributed by atoms with Gasteiger partial charge in [0.25, 0.3) is 0 Å². The molecule has 1 aromatic rings. The van der Waals surface area contributed by atoms with Gasteiger partial charge in [0, 0.05) is 0 Å². The van der Waals surface area contributed by atoms with Crippen molar-refractivity contribution in [2.24, 2.45) is 11.8 Å². The van der Waals surface area contributed by atoms with E-state index in [-0.39, 0.29) is 5.91 Å². The van der Waals surface area contributed by atoms with E-state index in [2.05, 4.69) is 5.32 Å². The van der Waals surface area contributed by atoms with Crippen LogP contribution in [0.25, 0.3) is 0 Å². The lowest BCUT2D eigenvalue weighted by atomic mass is 9.73. The summed E-state index contributed by atoms with van der Waals surface area (Å²) in [7, 11) is 1.46. The smallest absolute Gasteiger partial charge is 0.307 e. The molecule has 0 spiro atoms. The lowest BCUT2D eigenvalue weighted by molar-refractivity contribution is -0.151. The average molecular weight is 284 g/mol. The van der Waals surface area contributed by atoms with Crippen molar-refractivity contribution in [2.45, 2.75) is 12.8 Å². The van der Waals surface area contributed by atoms with Crippen LogP contribution in [0.15, 0.2) is 18.2 Å². The van der Waals surface area contributed by atoms with Crippen LogP contribution in [0.4, 0.5) is 5.69 Å². The van der Waals surface area contributed by atoms with Crippen LogP contribution in [0.3, 0.4) is 0 Å². The predicted molar refractivity (Wildman–Crippen MR) is 70.5 cm³/mol. The Morgan fingerprint density at radius 2 is 2.05 bits per heavy atom. The number of amides is 1. The molecule has 102 valence electrons. The summed E-state index contributed by atoms with van der Waals surface area (Å²) in [5, 5.41) is 12.0. The molecule has 0 bridgehead atoms. The molecular weight excluding hydrogens is 270 g/mol. The number of carboxylic acid groups (broad SMARTS) is 1. The van der Waals surface area contributed by atoms with Crippen LogP contribution in [-0.4, -0.2) is 24.1 Å². The van der Waals surface area contributed by atoms with Gasteiger partial charge in [-0.15, -0.1) is 0 Å². The first-order valence-corrected chi connectivity index (χ1v) is 6.28. The summed E-state index contributed by atoms with van der Waals surface area (Å²) in [6.07, 6.45) is 1.13. The first-order chi connectivity index (χ1) is 9.04. The van der Waals surface area contributed by atoms with Gasteiger partial charge in [-0.1, -0.05) is 17.7 Å². The first-order valence-electron chi connectivity index (χ1n) is 5.90. The van der Waals surface area contributed by atoms with Crippen LogP contribution in [0.5, 0.6) is 5.75 Å². The third-order valence-electron chi connectivity index (χ3n) is 3.36. The standard InChI is InChI=1S/C13H14ClNO4/c1-19-11-9(14)3-2-4-10(11)15-12(16)7-5-6-8(7)13(17)18/h2-4,7-8H,5-6H2,1H3,(H,15,16)(H,17,18). The molecule has 1 saturated carbocycles. The van der Waals surface area contributed by atoms with Crippen molar-refractivity contribution < 1.29 is 19.4 Å². The lowest BCUT2D eigenvalue weighted by Gasteiger charge is -2.32. The summed E-state index contributed by atoms with van der Waals surface area (Å²) in [4.78, 5) is 22.9. The van der Waals surface area contributed by atoms with Crippen LogP contribution in [0.1, 0.15) is 12.8 Å². The Kier molecular flexibility index (Phi) is 3.95. The van der Waals surface area contributed by atoms with Gasteiger partial charge in [0.2, 0.25) is 5.91 Å². The van der Waals surface area contributed by atoms with Gasteiger partial charge in [0.05, 0.1) is 29.7 Å². The highest BCUT2D eigenvalue weighted by Crippen LogP contribution is 2.37. The largest absolute Gasteiger partial charge is 0.493 e. The number of halogens is 1. The summed E-state index contributed by atoms with van der Waals surface area (Å²) in [5.74, 6) is -1.93. The molecule has 1 fully saturated rings. The molecule has 2 rings (SSSR count). The molecular formula is C13H14ClNO4. The normalized spacial score (nSPS) is 21.4. The van der Waals surface area contributed by atoms with Crippen LogP contribution in [0, 0.1) is 11.8 Å². The second kappa shape index (κ2) is 5.48. The molecule has 0 aromatic heterocycles. The first kappa shape index (κ1) is 13.7. The zero-order valence-electron chi connectivity index (χ0n) is 10.4. The van der Waals surface area contributed by atoms with Crippen molar-refractivity contribution >= 4 is 29.2 Å². The number of para-hydroxylation sites is 1. The number of methoxy groups -OCH3 is 1. The van der Waals surface area contributed by atoms with Crippen molar-refractivity contribution in [1.82, 2.24) is 0 Å². The minimum absolute atomic E-state index is 0.306.